The van der Waals surface area contributed by atoms with E-state index in [2.05, 4.69) is 17.1 Å². The first kappa shape index (κ1) is 20.0. The van der Waals surface area contributed by atoms with E-state index in [9.17, 15) is 9.59 Å². The number of hydrogen-bond donors (Lipinski definition) is 3. The molecule has 0 bridgehead atoms. The van der Waals surface area contributed by atoms with Crippen LogP contribution in [0.5, 0.6) is 11.5 Å². The van der Waals surface area contributed by atoms with Gasteiger partial charge in [0.15, 0.2) is 11.5 Å². The van der Waals surface area contributed by atoms with Crippen LogP contribution in [-0.2, 0) is 16.0 Å². The van der Waals surface area contributed by atoms with Gasteiger partial charge in [0.05, 0.1) is 18.6 Å². The molecule has 0 saturated heterocycles. The van der Waals surface area contributed by atoms with Gasteiger partial charge in [-0.3, -0.25) is 14.5 Å². The summed E-state index contributed by atoms with van der Waals surface area (Å²) in [4.78, 5) is 25.2. The van der Waals surface area contributed by atoms with Crippen molar-refractivity contribution >= 4 is 11.8 Å². The van der Waals surface area contributed by atoms with Gasteiger partial charge in [0.2, 0.25) is 18.6 Å². The minimum Gasteiger partial charge on any atom is -0.454 e. The maximum atomic E-state index is 12.1. The average molecular weight is 364 g/mol. The third-order valence-corrected chi connectivity index (χ3v) is 4.51. The first-order chi connectivity index (χ1) is 12.3. The Morgan fingerprint density at radius 2 is 1.96 bits per heavy atom. The molecule has 0 fully saturated rings. The van der Waals surface area contributed by atoms with Crippen molar-refractivity contribution in [1.82, 2.24) is 10.2 Å². The van der Waals surface area contributed by atoms with Gasteiger partial charge in [0.1, 0.15) is 0 Å². The van der Waals surface area contributed by atoms with Gasteiger partial charge >= 0.3 is 0 Å². The lowest BCUT2D eigenvalue weighted by atomic mass is 10.0. The quantitative estimate of drug-likeness (QED) is 0.543. The largest absolute Gasteiger partial charge is 0.454 e. The van der Waals surface area contributed by atoms with Gasteiger partial charge < -0.3 is 26.3 Å². The Bertz CT molecular complexity index is 652. The monoisotopic (exact) mass is 364 g/mol. The summed E-state index contributed by atoms with van der Waals surface area (Å²) in [6.45, 7) is 7.03. The summed E-state index contributed by atoms with van der Waals surface area (Å²) in [5.74, 6) is 0.545. The van der Waals surface area contributed by atoms with E-state index in [0.717, 1.165) is 30.0 Å². The predicted molar refractivity (Wildman–Crippen MR) is 97.5 cm³/mol. The van der Waals surface area contributed by atoms with Crippen LogP contribution in [0.15, 0.2) is 18.2 Å². The summed E-state index contributed by atoms with van der Waals surface area (Å²) in [5.41, 5.74) is 11.9. The molecular formula is C18H28N4O4. The molecule has 2 amide bonds. The highest BCUT2D eigenvalue weighted by Gasteiger charge is 2.24. The van der Waals surface area contributed by atoms with Crippen LogP contribution in [0.25, 0.3) is 0 Å². The number of nitrogens with one attached hydrogen (secondary N) is 1. The molecule has 26 heavy (non-hydrogen) atoms. The number of amides is 2. The van der Waals surface area contributed by atoms with Crippen molar-refractivity contribution in [1.29, 1.82) is 0 Å². The van der Waals surface area contributed by atoms with Crippen LogP contribution >= 0.6 is 0 Å². The number of benzene rings is 1. The van der Waals surface area contributed by atoms with Gasteiger partial charge in [-0.25, -0.2) is 0 Å². The Morgan fingerprint density at radius 3 is 2.62 bits per heavy atom. The van der Waals surface area contributed by atoms with E-state index in [0.29, 0.717) is 0 Å². The number of likely N-dealkylation sites (N-methyl/N-ethyl adjacent to an activating group) is 1. The van der Waals surface area contributed by atoms with Crippen LogP contribution < -0.4 is 26.3 Å². The molecule has 1 aliphatic rings. The summed E-state index contributed by atoms with van der Waals surface area (Å²) in [6, 6.07) is 5.15. The molecule has 3 atom stereocenters. The highest BCUT2D eigenvalue weighted by atomic mass is 16.7. The number of hydrogen-bond acceptors (Lipinski definition) is 6. The van der Waals surface area contributed by atoms with Crippen molar-refractivity contribution < 1.29 is 19.1 Å². The summed E-state index contributed by atoms with van der Waals surface area (Å²) < 4.78 is 10.8. The summed E-state index contributed by atoms with van der Waals surface area (Å²) in [5, 5.41) is 2.85. The minimum atomic E-state index is -0.933. The molecule has 144 valence electrons. The molecule has 3 unspecified atom stereocenters. The second kappa shape index (κ2) is 8.86. The third kappa shape index (κ3) is 5.09. The number of carbonyl (C=O) groups excluding carboxylic acids is 2. The molecular weight excluding hydrogens is 336 g/mol. The number of fused-ring (bicyclic) bond motifs is 1. The predicted octanol–water partition coefficient (Wildman–Crippen LogP) is 0.333. The van der Waals surface area contributed by atoms with Crippen molar-refractivity contribution in [2.45, 2.75) is 51.9 Å². The normalized spacial score (nSPS) is 16.2. The fraction of sp³-hybridized carbons (Fsp3) is 0.556. The molecule has 0 aliphatic carbocycles. The van der Waals surface area contributed by atoms with Crippen LogP contribution in [0.2, 0.25) is 0 Å². The molecule has 1 aliphatic heterocycles. The molecule has 1 heterocycles. The van der Waals surface area contributed by atoms with Crippen LogP contribution in [0, 0.1) is 0 Å². The average Bonchev–Trinajstić information content (AvgIpc) is 3.02. The number of carbonyl (C=O) groups is 2. The Labute approximate surface area is 153 Å². The third-order valence-electron chi connectivity index (χ3n) is 4.51. The lowest BCUT2D eigenvalue weighted by Crippen LogP contribution is -2.54. The number of nitrogens with zero attached hydrogens (tertiary/aromatic N) is 1. The SMILES string of the molecule is CCN(C(C)Cc1ccc2c(c1)OCO2)C(C)NC(=O)C(N)CC(N)=O. The van der Waals surface area contributed by atoms with E-state index >= 15 is 0 Å². The molecule has 0 saturated carbocycles. The molecule has 0 aromatic heterocycles. The fourth-order valence-electron chi connectivity index (χ4n) is 3.20. The first-order valence-electron chi connectivity index (χ1n) is 8.80. The van der Waals surface area contributed by atoms with Crippen LogP contribution in [0.3, 0.4) is 0 Å². The zero-order valence-electron chi connectivity index (χ0n) is 15.5. The number of rotatable bonds is 9. The molecule has 1 aromatic rings. The second-order valence-electron chi connectivity index (χ2n) is 6.53. The highest BCUT2D eigenvalue weighted by molar-refractivity contribution is 5.87. The Morgan fingerprint density at radius 1 is 1.27 bits per heavy atom. The lowest BCUT2D eigenvalue weighted by molar-refractivity contribution is -0.127. The fourth-order valence-corrected chi connectivity index (χ4v) is 3.20. The van der Waals surface area contributed by atoms with E-state index in [4.69, 9.17) is 20.9 Å². The van der Waals surface area contributed by atoms with Crippen LogP contribution in [0.1, 0.15) is 32.8 Å². The second-order valence-corrected chi connectivity index (χ2v) is 6.53. The first-order valence-corrected chi connectivity index (χ1v) is 8.80. The Hall–Kier alpha value is -2.32. The Kier molecular flexibility index (Phi) is 6.82. The van der Waals surface area contributed by atoms with Gasteiger partial charge in [-0.15, -0.1) is 0 Å². The van der Waals surface area contributed by atoms with Gasteiger partial charge in [0.25, 0.3) is 0 Å². The summed E-state index contributed by atoms with van der Waals surface area (Å²) in [6.07, 6.45) is 0.394. The maximum Gasteiger partial charge on any atom is 0.238 e. The van der Waals surface area contributed by atoms with Gasteiger partial charge in [-0.2, -0.15) is 0 Å². The standard InChI is InChI=1S/C18H28N4O4/c1-4-22(12(3)21-18(24)14(19)9-17(20)23)11(2)7-13-5-6-15-16(8-13)26-10-25-15/h5-6,8,11-12,14H,4,7,9-10,19H2,1-3H3,(H2,20,23)(H,21,24). The highest BCUT2D eigenvalue weighted by Crippen LogP contribution is 2.33. The van der Waals surface area contributed by atoms with Crippen molar-refractivity contribution in [3.63, 3.8) is 0 Å². The summed E-state index contributed by atoms with van der Waals surface area (Å²) >= 11 is 0. The molecule has 2 rings (SSSR count). The zero-order valence-corrected chi connectivity index (χ0v) is 15.5. The van der Waals surface area contributed by atoms with Crippen molar-refractivity contribution in [2.24, 2.45) is 11.5 Å². The molecule has 5 N–H and O–H groups in total. The van der Waals surface area contributed by atoms with E-state index < -0.39 is 11.9 Å². The van der Waals surface area contributed by atoms with Crippen LogP contribution in [-0.4, -0.2) is 48.3 Å². The van der Waals surface area contributed by atoms with Gasteiger partial charge in [-0.1, -0.05) is 13.0 Å². The van der Waals surface area contributed by atoms with Crippen molar-refractivity contribution in [3.05, 3.63) is 23.8 Å². The molecule has 8 heteroatoms. The number of nitrogens with two attached hydrogens (primary N) is 2. The van der Waals surface area contributed by atoms with Gasteiger partial charge in [-0.05, 0) is 44.5 Å². The molecule has 8 nitrogen and oxygen atoms in total. The smallest absolute Gasteiger partial charge is 0.238 e. The van der Waals surface area contributed by atoms with Crippen molar-refractivity contribution in [3.8, 4) is 11.5 Å². The topological polar surface area (TPSA) is 120 Å². The minimum absolute atomic E-state index is 0.169. The zero-order chi connectivity index (χ0) is 19.3. The molecule has 0 radical (unpaired) electrons. The van der Waals surface area contributed by atoms with E-state index in [-0.39, 0.29) is 31.3 Å². The van der Waals surface area contributed by atoms with E-state index in [1.165, 1.54) is 0 Å². The molecule has 1 aromatic carbocycles. The molecule has 0 spiro atoms. The number of ether oxygens (including phenoxy) is 2. The Balaban J connectivity index is 1.95. The van der Waals surface area contributed by atoms with Crippen molar-refractivity contribution in [2.75, 3.05) is 13.3 Å². The maximum absolute atomic E-state index is 12.1. The van der Waals surface area contributed by atoms with Gasteiger partial charge in [0, 0.05) is 6.04 Å². The van der Waals surface area contributed by atoms with E-state index in [1.807, 2.05) is 32.0 Å². The summed E-state index contributed by atoms with van der Waals surface area (Å²) in [7, 11) is 0. The van der Waals surface area contributed by atoms with Crippen LogP contribution in [0.4, 0.5) is 0 Å². The van der Waals surface area contributed by atoms with E-state index in [1.54, 1.807) is 0 Å². The number of primary amides is 1. The lowest BCUT2D eigenvalue weighted by Gasteiger charge is -2.34.